The van der Waals surface area contributed by atoms with Crippen LogP contribution in [0.3, 0.4) is 0 Å². The summed E-state index contributed by atoms with van der Waals surface area (Å²) >= 11 is 11.9. The van der Waals surface area contributed by atoms with Crippen LogP contribution in [0.25, 0.3) is 0 Å². The van der Waals surface area contributed by atoms with Crippen LogP contribution in [0.1, 0.15) is 27.2 Å². The molecule has 0 aliphatic carbocycles. The summed E-state index contributed by atoms with van der Waals surface area (Å²) in [6, 6.07) is 0. The van der Waals surface area contributed by atoms with Gasteiger partial charge >= 0.3 is 6.09 Å². The van der Waals surface area contributed by atoms with E-state index < -0.39 is 5.60 Å². The smallest absolute Gasteiger partial charge is 0.410 e. The summed E-state index contributed by atoms with van der Waals surface area (Å²) in [5.74, 6) is 0.555. The van der Waals surface area contributed by atoms with E-state index in [1.54, 1.807) is 4.90 Å². The Morgan fingerprint density at radius 2 is 1.91 bits per heavy atom. The highest BCUT2D eigenvalue weighted by atomic mass is 35.5. The normalized spacial score (nSPS) is 19.9. The van der Waals surface area contributed by atoms with Crippen LogP contribution in [0.5, 0.6) is 0 Å². The first-order valence-electron chi connectivity index (χ1n) is 7.46. The van der Waals surface area contributed by atoms with Crippen LogP contribution >= 0.6 is 23.2 Å². The predicted molar refractivity (Wildman–Crippen MR) is 86.9 cm³/mol. The molecule has 0 aromatic carbocycles. The summed E-state index contributed by atoms with van der Waals surface area (Å²) in [6.45, 7) is 8.53. The van der Waals surface area contributed by atoms with Gasteiger partial charge in [0.2, 0.25) is 5.28 Å². The molecule has 1 aromatic rings. The molecule has 3 heterocycles. The average Bonchev–Trinajstić information content (AvgIpc) is 2.83. The lowest BCUT2D eigenvalue weighted by molar-refractivity contribution is -0.0266. The largest absolute Gasteiger partial charge is 0.444 e. The molecule has 7 nitrogen and oxygen atoms in total. The second-order valence-corrected chi connectivity index (χ2v) is 7.90. The van der Waals surface area contributed by atoms with E-state index >= 15 is 0 Å². The molecule has 0 saturated carbocycles. The zero-order valence-electron chi connectivity index (χ0n) is 13.3. The van der Waals surface area contributed by atoms with Crippen LogP contribution in [0, 0.1) is 5.41 Å². The van der Waals surface area contributed by atoms with Crippen molar-refractivity contribution in [3.05, 3.63) is 10.4 Å². The van der Waals surface area contributed by atoms with Crippen molar-refractivity contribution in [2.45, 2.75) is 32.8 Å². The molecule has 2 fully saturated rings. The fraction of sp³-hybridized carbons (Fsp3) is 0.714. The number of amides is 1. The summed E-state index contributed by atoms with van der Waals surface area (Å²) < 4.78 is 5.39. The summed E-state index contributed by atoms with van der Waals surface area (Å²) in [6.07, 6.45) is 0.705. The Hall–Kier alpha value is -1.34. The van der Waals surface area contributed by atoms with Gasteiger partial charge in [-0.1, -0.05) is 11.6 Å². The molecule has 2 aliphatic heterocycles. The SMILES string of the molecule is CC(C)(C)OC(=O)N1CC2(CCN(c3nc(Cl)nnc3Cl)C2)C1. The number of rotatable bonds is 1. The molecular formula is C14H19Cl2N5O2. The Bertz CT molecular complexity index is 628. The average molecular weight is 360 g/mol. The highest BCUT2D eigenvalue weighted by Crippen LogP contribution is 2.42. The number of halogens is 2. The maximum atomic E-state index is 12.1. The van der Waals surface area contributed by atoms with Gasteiger partial charge in [-0.15, -0.1) is 10.2 Å². The second kappa shape index (κ2) is 5.63. The third-order valence-electron chi connectivity index (χ3n) is 4.05. The molecule has 2 saturated heterocycles. The number of carbonyl (C=O) groups is 1. The number of anilines is 1. The Morgan fingerprint density at radius 3 is 2.57 bits per heavy atom. The summed E-state index contributed by atoms with van der Waals surface area (Å²) in [5.41, 5.74) is -0.407. The summed E-state index contributed by atoms with van der Waals surface area (Å²) in [4.78, 5) is 20.0. The molecule has 2 aliphatic rings. The molecule has 1 spiro atoms. The molecule has 1 amide bonds. The zero-order chi connectivity index (χ0) is 16.8. The molecule has 0 radical (unpaired) electrons. The first kappa shape index (κ1) is 16.5. The molecular weight excluding hydrogens is 341 g/mol. The van der Waals surface area contributed by atoms with E-state index in [1.807, 2.05) is 20.8 Å². The van der Waals surface area contributed by atoms with Crippen LogP contribution in [-0.2, 0) is 4.74 Å². The van der Waals surface area contributed by atoms with Gasteiger partial charge in [0.25, 0.3) is 0 Å². The number of ether oxygens (including phenoxy) is 1. The maximum absolute atomic E-state index is 12.1. The van der Waals surface area contributed by atoms with Gasteiger partial charge in [-0.2, -0.15) is 4.98 Å². The lowest BCUT2D eigenvalue weighted by Gasteiger charge is -2.47. The molecule has 23 heavy (non-hydrogen) atoms. The number of hydrogen-bond donors (Lipinski definition) is 0. The second-order valence-electron chi connectivity index (χ2n) is 7.20. The van der Waals surface area contributed by atoms with E-state index in [-0.39, 0.29) is 21.9 Å². The molecule has 9 heteroatoms. The van der Waals surface area contributed by atoms with Gasteiger partial charge in [0, 0.05) is 31.6 Å². The van der Waals surface area contributed by atoms with Crippen LogP contribution in [0.2, 0.25) is 10.4 Å². The lowest BCUT2D eigenvalue weighted by Crippen LogP contribution is -2.60. The van der Waals surface area contributed by atoms with Gasteiger partial charge in [0.1, 0.15) is 5.60 Å². The molecule has 0 N–H and O–H groups in total. The lowest BCUT2D eigenvalue weighted by atomic mass is 9.79. The molecule has 0 atom stereocenters. The summed E-state index contributed by atoms with van der Waals surface area (Å²) in [7, 11) is 0. The minimum Gasteiger partial charge on any atom is -0.444 e. The van der Waals surface area contributed by atoms with Crippen LogP contribution < -0.4 is 4.90 Å². The van der Waals surface area contributed by atoms with Crippen molar-refractivity contribution in [1.82, 2.24) is 20.1 Å². The van der Waals surface area contributed by atoms with E-state index in [0.29, 0.717) is 18.9 Å². The first-order chi connectivity index (χ1) is 10.7. The van der Waals surface area contributed by atoms with E-state index in [2.05, 4.69) is 20.1 Å². The van der Waals surface area contributed by atoms with Gasteiger partial charge in [0.15, 0.2) is 11.0 Å². The van der Waals surface area contributed by atoms with Crippen molar-refractivity contribution in [2.75, 3.05) is 31.1 Å². The van der Waals surface area contributed by atoms with Gasteiger partial charge in [0.05, 0.1) is 0 Å². The van der Waals surface area contributed by atoms with E-state index in [0.717, 1.165) is 19.5 Å². The molecule has 0 unspecified atom stereocenters. The van der Waals surface area contributed by atoms with Crippen molar-refractivity contribution in [2.24, 2.45) is 5.41 Å². The van der Waals surface area contributed by atoms with Gasteiger partial charge in [-0.25, -0.2) is 4.79 Å². The highest BCUT2D eigenvalue weighted by Gasteiger charge is 2.50. The van der Waals surface area contributed by atoms with Crippen molar-refractivity contribution < 1.29 is 9.53 Å². The molecule has 0 bridgehead atoms. The van der Waals surface area contributed by atoms with Gasteiger partial charge < -0.3 is 14.5 Å². The monoisotopic (exact) mass is 359 g/mol. The number of aromatic nitrogens is 3. The Labute approximate surface area is 144 Å². The number of hydrogen-bond acceptors (Lipinski definition) is 6. The van der Waals surface area contributed by atoms with Crippen LogP contribution in [0.4, 0.5) is 10.6 Å². The number of likely N-dealkylation sites (tertiary alicyclic amines) is 1. The Kier molecular flexibility index (Phi) is 4.04. The minimum absolute atomic E-state index is 0.0671. The number of nitrogens with zero attached hydrogens (tertiary/aromatic N) is 5. The third kappa shape index (κ3) is 3.45. The fourth-order valence-electron chi connectivity index (χ4n) is 3.08. The van der Waals surface area contributed by atoms with Crippen molar-refractivity contribution in [3.63, 3.8) is 0 Å². The van der Waals surface area contributed by atoms with Crippen molar-refractivity contribution in [1.29, 1.82) is 0 Å². The highest BCUT2D eigenvalue weighted by molar-refractivity contribution is 6.32. The Morgan fingerprint density at radius 1 is 1.22 bits per heavy atom. The third-order valence-corrected chi connectivity index (χ3v) is 4.45. The molecule has 126 valence electrons. The Balaban J connectivity index is 1.61. The summed E-state index contributed by atoms with van der Waals surface area (Å²) in [5, 5.41) is 7.74. The predicted octanol–water partition coefficient (Wildman–Crippen LogP) is 2.63. The molecule has 3 rings (SSSR count). The van der Waals surface area contributed by atoms with E-state index in [4.69, 9.17) is 27.9 Å². The van der Waals surface area contributed by atoms with Crippen molar-refractivity contribution >= 4 is 35.1 Å². The van der Waals surface area contributed by atoms with Gasteiger partial charge in [-0.3, -0.25) is 0 Å². The number of carbonyl (C=O) groups excluding carboxylic acids is 1. The van der Waals surface area contributed by atoms with Crippen LogP contribution in [-0.4, -0.2) is 58.0 Å². The quantitative estimate of drug-likeness (QED) is 0.767. The van der Waals surface area contributed by atoms with Crippen molar-refractivity contribution in [3.8, 4) is 0 Å². The van der Waals surface area contributed by atoms with E-state index in [9.17, 15) is 4.79 Å². The topological polar surface area (TPSA) is 71.5 Å². The van der Waals surface area contributed by atoms with Crippen LogP contribution in [0.15, 0.2) is 0 Å². The van der Waals surface area contributed by atoms with Gasteiger partial charge in [-0.05, 0) is 38.8 Å². The standard InChI is InChI=1S/C14H19Cl2N5O2/c1-13(2,3)23-12(22)21-7-14(8-21)4-5-20(6-14)10-9(15)18-19-11(16)17-10/h4-8H2,1-3H3. The maximum Gasteiger partial charge on any atom is 0.410 e. The first-order valence-corrected chi connectivity index (χ1v) is 8.22. The van der Waals surface area contributed by atoms with E-state index in [1.165, 1.54) is 0 Å². The molecule has 1 aromatic heterocycles. The minimum atomic E-state index is -0.474. The zero-order valence-corrected chi connectivity index (χ0v) is 14.9. The fourth-order valence-corrected chi connectivity index (χ4v) is 3.40.